The summed E-state index contributed by atoms with van der Waals surface area (Å²) >= 11 is 0. The Hall–Kier alpha value is -4.10. The third kappa shape index (κ3) is 4.57. The fourth-order valence-electron chi connectivity index (χ4n) is 3.35. The van der Waals surface area contributed by atoms with E-state index >= 15 is 0 Å². The highest BCUT2D eigenvalue weighted by atomic mass is 16.3. The van der Waals surface area contributed by atoms with E-state index < -0.39 is 0 Å². The molecule has 1 atom stereocenters. The van der Waals surface area contributed by atoms with Crippen LogP contribution in [0.15, 0.2) is 78.9 Å². The quantitative estimate of drug-likeness (QED) is 0.323. The van der Waals surface area contributed by atoms with Crippen molar-refractivity contribution >= 4 is 11.8 Å². The van der Waals surface area contributed by atoms with E-state index in [0.717, 1.165) is 16.7 Å². The van der Waals surface area contributed by atoms with Gasteiger partial charge in [0.25, 0.3) is 0 Å². The summed E-state index contributed by atoms with van der Waals surface area (Å²) in [7, 11) is 0. The number of rotatable bonds is 6. The van der Waals surface area contributed by atoms with Gasteiger partial charge in [0.05, 0.1) is 18.3 Å². The highest BCUT2D eigenvalue weighted by molar-refractivity contribution is 5.77. The summed E-state index contributed by atoms with van der Waals surface area (Å²) in [6.45, 7) is -0.134. The summed E-state index contributed by atoms with van der Waals surface area (Å²) in [5.74, 6) is 0.700. The number of aliphatic hydroxyl groups is 1. The van der Waals surface area contributed by atoms with E-state index in [1.807, 2.05) is 30.3 Å². The number of aromatic nitrogens is 2. The predicted molar refractivity (Wildman–Crippen MR) is 121 cm³/mol. The molecule has 0 aliphatic rings. The number of hydrogen-bond donors (Lipinski definition) is 5. The Morgan fingerprint density at radius 1 is 0.839 bits per heavy atom. The van der Waals surface area contributed by atoms with Gasteiger partial charge in [0, 0.05) is 11.6 Å². The van der Waals surface area contributed by atoms with E-state index in [2.05, 4.69) is 15.3 Å². The number of nitrogens with zero attached hydrogens (tertiary/aromatic N) is 2. The summed E-state index contributed by atoms with van der Waals surface area (Å²) in [6, 6.07) is 22.8. The second-order valence-electron chi connectivity index (χ2n) is 7.07. The highest BCUT2D eigenvalue weighted by Gasteiger charge is 2.15. The van der Waals surface area contributed by atoms with Crippen LogP contribution in [0, 0.1) is 0 Å². The van der Waals surface area contributed by atoms with Crippen molar-refractivity contribution < 1.29 is 15.3 Å². The number of nitrogen functional groups attached to an aromatic ring is 1. The van der Waals surface area contributed by atoms with Gasteiger partial charge in [0.1, 0.15) is 17.3 Å². The molecule has 1 aromatic heterocycles. The Bertz CT molecular complexity index is 1180. The van der Waals surface area contributed by atoms with Gasteiger partial charge in [-0.1, -0.05) is 48.5 Å². The van der Waals surface area contributed by atoms with Gasteiger partial charge in [-0.2, -0.15) is 4.98 Å². The molecular weight excluding hydrogens is 392 g/mol. The van der Waals surface area contributed by atoms with Crippen molar-refractivity contribution in [3.8, 4) is 33.9 Å². The Labute approximate surface area is 179 Å². The van der Waals surface area contributed by atoms with Crippen molar-refractivity contribution in [2.75, 3.05) is 17.7 Å². The van der Waals surface area contributed by atoms with E-state index in [4.69, 9.17) is 5.73 Å². The van der Waals surface area contributed by atoms with Crippen LogP contribution in [0.25, 0.3) is 22.4 Å². The minimum atomic E-state index is -0.375. The summed E-state index contributed by atoms with van der Waals surface area (Å²) in [4.78, 5) is 8.51. The van der Waals surface area contributed by atoms with Crippen LogP contribution in [0.2, 0.25) is 0 Å². The fourth-order valence-corrected chi connectivity index (χ4v) is 3.35. The second-order valence-corrected chi connectivity index (χ2v) is 7.07. The van der Waals surface area contributed by atoms with Gasteiger partial charge in [-0.25, -0.2) is 4.98 Å². The first-order chi connectivity index (χ1) is 15.0. The largest absolute Gasteiger partial charge is 0.508 e. The van der Waals surface area contributed by atoms with Crippen LogP contribution in [-0.4, -0.2) is 31.9 Å². The molecule has 6 N–H and O–H groups in total. The van der Waals surface area contributed by atoms with E-state index in [1.165, 1.54) is 0 Å². The van der Waals surface area contributed by atoms with E-state index in [9.17, 15) is 15.3 Å². The van der Waals surface area contributed by atoms with Crippen LogP contribution in [0.4, 0.5) is 11.8 Å². The Morgan fingerprint density at radius 2 is 1.55 bits per heavy atom. The maximum atomic E-state index is 10.5. The Morgan fingerprint density at radius 3 is 2.26 bits per heavy atom. The van der Waals surface area contributed by atoms with E-state index in [1.54, 1.807) is 48.5 Å². The molecule has 1 heterocycles. The van der Waals surface area contributed by atoms with Crippen LogP contribution in [-0.2, 0) is 0 Å². The number of hydrogen-bond acceptors (Lipinski definition) is 7. The minimum Gasteiger partial charge on any atom is -0.508 e. The first-order valence-electron chi connectivity index (χ1n) is 9.73. The summed E-state index contributed by atoms with van der Waals surface area (Å²) < 4.78 is 0. The molecule has 3 aromatic carbocycles. The van der Waals surface area contributed by atoms with Gasteiger partial charge in [0.15, 0.2) is 0 Å². The lowest BCUT2D eigenvalue weighted by Gasteiger charge is -2.18. The average Bonchev–Trinajstić information content (AvgIpc) is 2.78. The van der Waals surface area contributed by atoms with Crippen molar-refractivity contribution in [2.45, 2.75) is 6.04 Å². The smallest absolute Gasteiger partial charge is 0.222 e. The van der Waals surface area contributed by atoms with E-state index in [-0.39, 0.29) is 30.1 Å². The first-order valence-corrected chi connectivity index (χ1v) is 9.73. The molecular formula is C24H22N4O3. The van der Waals surface area contributed by atoms with Gasteiger partial charge >= 0.3 is 0 Å². The molecule has 7 nitrogen and oxygen atoms in total. The standard InChI is InChI=1S/C24H22N4O3/c25-24-27-20(13-23(28-24)26-21(14-29)16-4-2-1-3-5-16)19-12-17(8-11-22(19)31)15-6-9-18(30)10-7-15/h1-13,21,29-31H,14H2,(H3,25,26,27,28)/t21-/m1/s1. The van der Waals surface area contributed by atoms with Crippen molar-refractivity contribution in [1.29, 1.82) is 0 Å². The number of nitrogens with two attached hydrogens (primary N) is 1. The highest BCUT2D eigenvalue weighted by Crippen LogP contribution is 2.34. The molecule has 0 aliphatic carbocycles. The lowest BCUT2D eigenvalue weighted by Crippen LogP contribution is -2.16. The van der Waals surface area contributed by atoms with Gasteiger partial charge in [-0.3, -0.25) is 0 Å². The molecule has 0 aliphatic heterocycles. The van der Waals surface area contributed by atoms with Gasteiger partial charge < -0.3 is 26.4 Å². The van der Waals surface area contributed by atoms with Crippen LogP contribution < -0.4 is 11.1 Å². The number of aromatic hydroxyl groups is 2. The molecule has 156 valence electrons. The number of nitrogens with one attached hydrogen (secondary N) is 1. The number of phenols is 2. The van der Waals surface area contributed by atoms with Gasteiger partial charge in [-0.05, 0) is 41.0 Å². The van der Waals surface area contributed by atoms with E-state index in [0.29, 0.717) is 17.1 Å². The number of anilines is 2. The first kappa shape index (κ1) is 20.2. The Kier molecular flexibility index (Phi) is 5.68. The minimum absolute atomic E-state index is 0.0409. The van der Waals surface area contributed by atoms with Gasteiger partial charge in [0.2, 0.25) is 5.95 Å². The topological polar surface area (TPSA) is 125 Å². The van der Waals surface area contributed by atoms with Crippen molar-refractivity contribution in [2.24, 2.45) is 0 Å². The zero-order valence-electron chi connectivity index (χ0n) is 16.6. The molecule has 0 radical (unpaired) electrons. The molecule has 0 saturated carbocycles. The third-order valence-electron chi connectivity index (χ3n) is 4.92. The zero-order valence-corrected chi connectivity index (χ0v) is 16.6. The molecule has 7 heteroatoms. The van der Waals surface area contributed by atoms with Crippen LogP contribution in [0.3, 0.4) is 0 Å². The maximum Gasteiger partial charge on any atom is 0.222 e. The van der Waals surface area contributed by atoms with Crippen molar-refractivity contribution in [3.63, 3.8) is 0 Å². The molecule has 4 aromatic rings. The van der Waals surface area contributed by atoms with Crippen molar-refractivity contribution in [3.05, 3.63) is 84.4 Å². The normalized spacial score (nSPS) is 11.8. The van der Waals surface area contributed by atoms with Crippen molar-refractivity contribution in [1.82, 2.24) is 9.97 Å². The predicted octanol–water partition coefficient (Wildman–Crippen LogP) is 3.95. The number of phenolic OH excluding ortho intramolecular Hbond substituents is 2. The number of aliphatic hydroxyl groups excluding tert-OH is 1. The fraction of sp³-hybridized carbons (Fsp3) is 0.0833. The molecule has 0 fully saturated rings. The Balaban J connectivity index is 1.69. The number of benzene rings is 3. The SMILES string of the molecule is Nc1nc(N[C@H](CO)c2ccccc2)cc(-c2cc(-c3ccc(O)cc3)ccc2O)n1. The summed E-state index contributed by atoms with van der Waals surface area (Å²) in [6.07, 6.45) is 0. The maximum absolute atomic E-state index is 10.5. The average molecular weight is 414 g/mol. The zero-order chi connectivity index (χ0) is 21.8. The molecule has 0 bridgehead atoms. The lowest BCUT2D eigenvalue weighted by molar-refractivity contribution is 0.276. The van der Waals surface area contributed by atoms with Gasteiger partial charge in [-0.15, -0.1) is 0 Å². The summed E-state index contributed by atoms with van der Waals surface area (Å²) in [5, 5.41) is 33.0. The second kappa shape index (κ2) is 8.73. The lowest BCUT2D eigenvalue weighted by atomic mass is 10.0. The van der Waals surface area contributed by atoms with Crippen LogP contribution >= 0.6 is 0 Å². The van der Waals surface area contributed by atoms with Crippen LogP contribution in [0.1, 0.15) is 11.6 Å². The molecule has 0 amide bonds. The molecule has 31 heavy (non-hydrogen) atoms. The third-order valence-corrected chi connectivity index (χ3v) is 4.92. The molecule has 0 unspecified atom stereocenters. The molecule has 0 spiro atoms. The van der Waals surface area contributed by atoms with Crippen LogP contribution in [0.5, 0.6) is 11.5 Å². The molecule has 4 rings (SSSR count). The summed E-state index contributed by atoms with van der Waals surface area (Å²) in [5.41, 5.74) is 9.49. The monoisotopic (exact) mass is 414 g/mol. The molecule has 0 saturated heterocycles.